The molecule has 1 amide bonds. The number of aromatic nitrogens is 1. The van der Waals surface area contributed by atoms with Crippen LogP contribution in [0.2, 0.25) is 0 Å². The fourth-order valence-electron chi connectivity index (χ4n) is 2.01. The number of nitrogens with one attached hydrogen (secondary N) is 1. The van der Waals surface area contributed by atoms with Crippen LogP contribution in [0.15, 0.2) is 54.9 Å². The van der Waals surface area contributed by atoms with Gasteiger partial charge in [-0.2, -0.15) is 5.26 Å². The molecule has 7 heteroatoms. The summed E-state index contributed by atoms with van der Waals surface area (Å²) >= 11 is 0. The van der Waals surface area contributed by atoms with Gasteiger partial charge < -0.3 is 0 Å². The molecule has 0 aliphatic heterocycles. The summed E-state index contributed by atoms with van der Waals surface area (Å²) in [6, 6.07) is 11.5. The second-order valence-corrected chi connectivity index (χ2v) is 6.82. The van der Waals surface area contributed by atoms with Crippen molar-refractivity contribution in [3.05, 3.63) is 71.6 Å². The molecule has 0 saturated heterocycles. The molecule has 0 aliphatic rings. The molecule has 0 unspecified atom stereocenters. The second-order valence-electron chi connectivity index (χ2n) is 5.10. The Kier molecular flexibility index (Phi) is 5.45. The van der Waals surface area contributed by atoms with Crippen LogP contribution in [0.1, 0.15) is 23.6 Å². The number of hydrogen-bond donors (Lipinski definition) is 1. The van der Waals surface area contributed by atoms with E-state index in [1.54, 1.807) is 43.6 Å². The average molecular weight is 341 g/mol. The van der Waals surface area contributed by atoms with Crippen molar-refractivity contribution in [3.8, 4) is 6.07 Å². The van der Waals surface area contributed by atoms with Crippen LogP contribution in [0.5, 0.6) is 0 Å². The zero-order valence-electron chi connectivity index (χ0n) is 12.9. The maximum Gasteiger partial charge on any atom is 0.257 e. The molecule has 2 aromatic rings. The lowest BCUT2D eigenvalue weighted by molar-refractivity contribution is -0.114. The Balaban J connectivity index is 2.05. The first kappa shape index (κ1) is 17.4. The lowest BCUT2D eigenvalue weighted by Crippen LogP contribution is -2.30. The number of carbonyl (C=O) groups is 1. The lowest BCUT2D eigenvalue weighted by atomic mass is 10.1. The minimum atomic E-state index is -3.82. The monoisotopic (exact) mass is 341 g/mol. The van der Waals surface area contributed by atoms with E-state index >= 15 is 0 Å². The molecule has 6 nitrogen and oxygen atoms in total. The van der Waals surface area contributed by atoms with Crippen molar-refractivity contribution in [2.24, 2.45) is 0 Å². The van der Waals surface area contributed by atoms with E-state index in [2.05, 4.69) is 4.98 Å². The van der Waals surface area contributed by atoms with Crippen LogP contribution >= 0.6 is 0 Å². The summed E-state index contributed by atoms with van der Waals surface area (Å²) < 4.78 is 26.1. The highest BCUT2D eigenvalue weighted by Gasteiger charge is 2.14. The van der Waals surface area contributed by atoms with Crippen molar-refractivity contribution in [1.29, 1.82) is 5.26 Å². The smallest absolute Gasteiger partial charge is 0.257 e. The fourth-order valence-corrected chi connectivity index (χ4v) is 3.08. The molecule has 1 aromatic heterocycles. The van der Waals surface area contributed by atoms with E-state index in [0.29, 0.717) is 16.7 Å². The minimum Gasteiger partial charge on any atom is -0.269 e. The lowest BCUT2D eigenvalue weighted by Gasteiger charge is -2.06. The van der Waals surface area contributed by atoms with Gasteiger partial charge in [0.25, 0.3) is 5.91 Å². The predicted molar refractivity (Wildman–Crippen MR) is 89.8 cm³/mol. The van der Waals surface area contributed by atoms with E-state index in [-0.39, 0.29) is 5.75 Å². The highest BCUT2D eigenvalue weighted by molar-refractivity contribution is 7.89. The molecule has 0 bridgehead atoms. The molecule has 0 spiro atoms. The number of allylic oxidation sites excluding steroid dienone is 1. The topological polar surface area (TPSA) is 99.9 Å². The van der Waals surface area contributed by atoms with Gasteiger partial charge in [0, 0.05) is 18.5 Å². The molecule has 0 atom stereocenters. The Morgan fingerprint density at radius 1 is 1.21 bits per heavy atom. The Labute approximate surface area is 140 Å². The standard InChI is InChI=1S/C17H15N3O3S/c1-13(16-6-8-19-9-7-16)10-17(21)20-24(22,23)12-15-4-2-14(11-18)3-5-15/h2-10H,12H2,1H3,(H,20,21)/b13-10-. The summed E-state index contributed by atoms with van der Waals surface area (Å²) in [4.78, 5) is 15.8. The molecular weight excluding hydrogens is 326 g/mol. The van der Waals surface area contributed by atoms with Crippen LogP contribution in [0, 0.1) is 11.3 Å². The summed E-state index contributed by atoms with van der Waals surface area (Å²) in [5, 5.41) is 8.72. The highest BCUT2D eigenvalue weighted by Crippen LogP contribution is 2.12. The van der Waals surface area contributed by atoms with Gasteiger partial charge in [-0.15, -0.1) is 0 Å². The van der Waals surface area contributed by atoms with Crippen LogP contribution in [0.25, 0.3) is 5.57 Å². The van der Waals surface area contributed by atoms with Crippen molar-refractivity contribution in [2.75, 3.05) is 0 Å². The van der Waals surface area contributed by atoms with Gasteiger partial charge in [-0.1, -0.05) is 12.1 Å². The molecule has 24 heavy (non-hydrogen) atoms. The Morgan fingerprint density at radius 2 is 1.83 bits per heavy atom. The van der Waals surface area contributed by atoms with Gasteiger partial charge in [0.05, 0.1) is 17.4 Å². The number of pyridine rings is 1. The second kappa shape index (κ2) is 7.53. The molecule has 1 N–H and O–H groups in total. The van der Waals surface area contributed by atoms with E-state index in [1.807, 2.05) is 10.8 Å². The van der Waals surface area contributed by atoms with Gasteiger partial charge in [-0.25, -0.2) is 13.1 Å². The third kappa shape index (κ3) is 5.04. The van der Waals surface area contributed by atoms with Crippen LogP contribution in [-0.4, -0.2) is 19.3 Å². The molecule has 0 aliphatic carbocycles. The third-order valence-corrected chi connectivity index (χ3v) is 4.40. The number of nitriles is 1. The van der Waals surface area contributed by atoms with Gasteiger partial charge in [0.15, 0.2) is 0 Å². The summed E-state index contributed by atoms with van der Waals surface area (Å²) in [5.41, 5.74) is 2.34. The molecule has 1 heterocycles. The van der Waals surface area contributed by atoms with E-state index in [0.717, 1.165) is 5.56 Å². The van der Waals surface area contributed by atoms with E-state index in [1.165, 1.54) is 18.2 Å². The molecule has 0 fully saturated rings. The van der Waals surface area contributed by atoms with Crippen LogP contribution in [0.4, 0.5) is 0 Å². The van der Waals surface area contributed by atoms with Gasteiger partial charge in [-0.05, 0) is 47.9 Å². The first-order chi connectivity index (χ1) is 11.4. The Bertz CT molecular complexity index is 896. The molecular formula is C17H15N3O3S. The number of amides is 1. The first-order valence-electron chi connectivity index (χ1n) is 7.02. The summed E-state index contributed by atoms with van der Waals surface area (Å²) in [7, 11) is -3.82. The molecule has 0 radical (unpaired) electrons. The SMILES string of the molecule is C/C(=C/C(=O)NS(=O)(=O)Cc1ccc(C#N)cc1)c1ccncc1. The van der Waals surface area contributed by atoms with Crippen molar-refractivity contribution in [3.63, 3.8) is 0 Å². The van der Waals surface area contributed by atoms with Gasteiger partial charge in [0.2, 0.25) is 10.0 Å². The highest BCUT2D eigenvalue weighted by atomic mass is 32.2. The van der Waals surface area contributed by atoms with Crippen LogP contribution < -0.4 is 4.72 Å². The quantitative estimate of drug-likeness (QED) is 0.839. The third-order valence-electron chi connectivity index (χ3n) is 3.18. The van der Waals surface area contributed by atoms with Crippen molar-refractivity contribution in [2.45, 2.75) is 12.7 Å². The normalized spacial score (nSPS) is 11.6. The molecule has 0 saturated carbocycles. The van der Waals surface area contributed by atoms with Crippen LogP contribution in [-0.2, 0) is 20.6 Å². The average Bonchev–Trinajstić information content (AvgIpc) is 2.55. The van der Waals surface area contributed by atoms with Crippen molar-refractivity contribution >= 4 is 21.5 Å². The van der Waals surface area contributed by atoms with Crippen LogP contribution in [0.3, 0.4) is 0 Å². The summed E-state index contributed by atoms with van der Waals surface area (Å²) in [6.45, 7) is 1.71. The first-order valence-corrected chi connectivity index (χ1v) is 8.67. The minimum absolute atomic E-state index is 0.341. The van der Waals surface area contributed by atoms with Gasteiger partial charge in [-0.3, -0.25) is 9.78 Å². The number of benzene rings is 1. The number of sulfonamides is 1. The largest absolute Gasteiger partial charge is 0.269 e. The van der Waals surface area contributed by atoms with Crippen molar-refractivity contribution < 1.29 is 13.2 Å². The van der Waals surface area contributed by atoms with Gasteiger partial charge in [0.1, 0.15) is 0 Å². The van der Waals surface area contributed by atoms with E-state index in [9.17, 15) is 13.2 Å². The molecule has 1 aromatic carbocycles. The summed E-state index contributed by atoms with van der Waals surface area (Å²) in [6.07, 6.45) is 4.41. The molecule has 122 valence electrons. The predicted octanol–water partition coefficient (Wildman–Crippen LogP) is 2.00. The fraction of sp³-hybridized carbons (Fsp3) is 0.118. The molecule has 2 rings (SSSR count). The maximum atomic E-state index is 12.0. The van der Waals surface area contributed by atoms with E-state index < -0.39 is 15.9 Å². The number of carbonyl (C=O) groups excluding carboxylic acids is 1. The van der Waals surface area contributed by atoms with Gasteiger partial charge >= 0.3 is 0 Å². The Morgan fingerprint density at radius 3 is 2.42 bits per heavy atom. The zero-order valence-corrected chi connectivity index (χ0v) is 13.7. The number of hydrogen-bond acceptors (Lipinski definition) is 5. The Hall–Kier alpha value is -2.98. The number of rotatable bonds is 5. The summed E-state index contributed by atoms with van der Waals surface area (Å²) in [5.74, 6) is -1.05. The maximum absolute atomic E-state index is 12.0. The van der Waals surface area contributed by atoms with Crippen molar-refractivity contribution in [1.82, 2.24) is 9.71 Å². The van der Waals surface area contributed by atoms with E-state index in [4.69, 9.17) is 5.26 Å². The number of nitrogens with zero attached hydrogens (tertiary/aromatic N) is 2. The zero-order chi connectivity index (χ0) is 17.6.